The molecule has 160 valence electrons. The molecule has 3 rings (SSSR count). The second kappa shape index (κ2) is 10.2. The molecule has 1 fully saturated rings. The normalized spacial score (nSPS) is 17.0. The number of benzene rings is 1. The van der Waals surface area contributed by atoms with Gasteiger partial charge in [-0.15, -0.1) is 34.2 Å². The van der Waals surface area contributed by atoms with E-state index in [0.717, 1.165) is 11.5 Å². The Bertz CT molecular complexity index is 786. The topological polar surface area (TPSA) is 61.6 Å². The van der Waals surface area contributed by atoms with Gasteiger partial charge in [0.15, 0.2) is 11.8 Å². The quantitative estimate of drug-likeness (QED) is 0.380. The van der Waals surface area contributed by atoms with Crippen LogP contribution in [-0.2, 0) is 6.54 Å². The highest BCUT2D eigenvalue weighted by Gasteiger charge is 2.41. The van der Waals surface area contributed by atoms with Crippen molar-refractivity contribution in [3.8, 4) is 5.69 Å². The van der Waals surface area contributed by atoms with Crippen LogP contribution in [0.25, 0.3) is 5.69 Å². The average Bonchev–Trinajstić information content (AvgIpc) is 3.17. The SMILES string of the molecule is CN=C(NCc1nncn1-c1ccccc1)N1CCN(C(C)C(F)(F)F)CC1.I. The first-order valence-corrected chi connectivity index (χ1v) is 9.11. The molecule has 1 unspecified atom stereocenters. The van der Waals surface area contributed by atoms with Gasteiger partial charge in [0, 0.05) is 38.9 Å². The molecule has 1 N–H and O–H groups in total. The van der Waals surface area contributed by atoms with E-state index in [1.165, 1.54) is 11.8 Å². The molecule has 29 heavy (non-hydrogen) atoms. The highest BCUT2D eigenvalue weighted by Crippen LogP contribution is 2.25. The van der Waals surface area contributed by atoms with Crippen LogP contribution in [0.5, 0.6) is 0 Å². The van der Waals surface area contributed by atoms with E-state index in [1.807, 2.05) is 39.8 Å². The second-order valence-electron chi connectivity index (χ2n) is 6.59. The van der Waals surface area contributed by atoms with Crippen LogP contribution in [-0.4, -0.2) is 76.0 Å². The third-order valence-electron chi connectivity index (χ3n) is 4.90. The van der Waals surface area contributed by atoms with Gasteiger partial charge >= 0.3 is 6.18 Å². The lowest BCUT2D eigenvalue weighted by Gasteiger charge is -2.39. The molecule has 0 saturated carbocycles. The van der Waals surface area contributed by atoms with Crippen LogP contribution in [0.1, 0.15) is 12.7 Å². The number of hydrogen-bond donors (Lipinski definition) is 1. The molecular formula is C18H25F3IN7. The summed E-state index contributed by atoms with van der Waals surface area (Å²) < 4.78 is 40.6. The van der Waals surface area contributed by atoms with Crippen LogP contribution in [0.4, 0.5) is 13.2 Å². The maximum Gasteiger partial charge on any atom is 0.403 e. The highest BCUT2D eigenvalue weighted by molar-refractivity contribution is 14.0. The molecule has 7 nitrogen and oxygen atoms in total. The zero-order valence-corrected chi connectivity index (χ0v) is 18.6. The first kappa shape index (κ1) is 23.4. The number of nitrogens with one attached hydrogen (secondary N) is 1. The van der Waals surface area contributed by atoms with Crippen LogP contribution < -0.4 is 5.32 Å². The zero-order chi connectivity index (χ0) is 20.1. The van der Waals surface area contributed by atoms with Gasteiger partial charge in [-0.3, -0.25) is 14.5 Å². The van der Waals surface area contributed by atoms with Crippen molar-refractivity contribution in [1.82, 2.24) is 29.9 Å². The summed E-state index contributed by atoms with van der Waals surface area (Å²) >= 11 is 0. The number of nitrogens with zero attached hydrogens (tertiary/aromatic N) is 6. The van der Waals surface area contributed by atoms with Gasteiger partial charge in [-0.25, -0.2) is 0 Å². The first-order chi connectivity index (χ1) is 13.4. The fourth-order valence-electron chi connectivity index (χ4n) is 3.20. The minimum atomic E-state index is -4.20. The van der Waals surface area contributed by atoms with Crippen LogP contribution in [0.15, 0.2) is 41.7 Å². The van der Waals surface area contributed by atoms with Crippen molar-refractivity contribution in [2.75, 3.05) is 33.2 Å². The van der Waals surface area contributed by atoms with Crippen molar-refractivity contribution in [2.24, 2.45) is 4.99 Å². The molecule has 0 aliphatic carbocycles. The van der Waals surface area contributed by atoms with Crippen LogP contribution in [0.2, 0.25) is 0 Å². The monoisotopic (exact) mass is 523 g/mol. The summed E-state index contributed by atoms with van der Waals surface area (Å²) in [7, 11) is 1.66. The summed E-state index contributed by atoms with van der Waals surface area (Å²) in [6.45, 7) is 3.24. The second-order valence-corrected chi connectivity index (χ2v) is 6.59. The number of aromatic nitrogens is 3. The standard InChI is InChI=1S/C18H24F3N7.HI/c1-14(18(19,20)21)26-8-10-27(11-9-26)17(22-2)23-12-16-25-24-13-28(16)15-6-4-3-5-7-15;/h3-7,13-14H,8-12H2,1-2H3,(H,22,23);1H. The molecule has 1 aliphatic heterocycles. The summed E-state index contributed by atoms with van der Waals surface area (Å²) in [6, 6.07) is 8.30. The summed E-state index contributed by atoms with van der Waals surface area (Å²) in [4.78, 5) is 7.68. The van der Waals surface area contributed by atoms with Crippen molar-refractivity contribution in [2.45, 2.75) is 25.7 Å². The number of hydrogen-bond acceptors (Lipinski definition) is 4. The Labute approximate surface area is 185 Å². The van der Waals surface area contributed by atoms with Crippen LogP contribution >= 0.6 is 24.0 Å². The summed E-state index contributed by atoms with van der Waals surface area (Å²) in [6.07, 6.45) is -2.56. The van der Waals surface area contributed by atoms with E-state index < -0.39 is 12.2 Å². The van der Waals surface area contributed by atoms with Crippen molar-refractivity contribution >= 4 is 29.9 Å². The van der Waals surface area contributed by atoms with Crippen molar-refractivity contribution in [3.63, 3.8) is 0 Å². The van der Waals surface area contributed by atoms with E-state index >= 15 is 0 Å². The van der Waals surface area contributed by atoms with Gasteiger partial charge in [0.2, 0.25) is 0 Å². The van der Waals surface area contributed by atoms with Gasteiger partial charge in [0.1, 0.15) is 12.4 Å². The Morgan fingerprint density at radius 2 is 1.83 bits per heavy atom. The first-order valence-electron chi connectivity index (χ1n) is 9.11. The number of alkyl halides is 3. The molecule has 1 aromatic heterocycles. The Morgan fingerprint density at radius 1 is 1.17 bits per heavy atom. The zero-order valence-electron chi connectivity index (χ0n) is 16.3. The van der Waals surface area contributed by atoms with Crippen LogP contribution in [0, 0.1) is 0 Å². The van der Waals surface area contributed by atoms with Gasteiger partial charge in [-0.05, 0) is 19.1 Å². The van der Waals surface area contributed by atoms with Gasteiger partial charge in [0.25, 0.3) is 0 Å². The van der Waals surface area contributed by atoms with E-state index in [9.17, 15) is 13.2 Å². The molecule has 1 aliphatic rings. The summed E-state index contributed by atoms with van der Waals surface area (Å²) in [5.74, 6) is 1.36. The molecule has 1 atom stereocenters. The Morgan fingerprint density at radius 3 is 2.41 bits per heavy atom. The van der Waals surface area contributed by atoms with E-state index in [-0.39, 0.29) is 24.0 Å². The minimum absolute atomic E-state index is 0. The van der Waals surface area contributed by atoms with Crippen LogP contribution in [0.3, 0.4) is 0 Å². The Kier molecular flexibility index (Phi) is 8.25. The van der Waals surface area contributed by atoms with Gasteiger partial charge in [-0.2, -0.15) is 13.2 Å². The van der Waals surface area contributed by atoms with E-state index in [1.54, 1.807) is 13.4 Å². The number of para-hydroxylation sites is 1. The Balaban J connectivity index is 0.00000300. The number of rotatable bonds is 4. The molecule has 1 aromatic carbocycles. The lowest BCUT2D eigenvalue weighted by Crippen LogP contribution is -2.56. The maximum absolute atomic E-state index is 12.9. The third kappa shape index (κ3) is 5.81. The summed E-state index contributed by atoms with van der Waals surface area (Å²) in [5.41, 5.74) is 0.953. The molecule has 11 heteroatoms. The lowest BCUT2D eigenvalue weighted by atomic mass is 10.2. The van der Waals surface area contributed by atoms with E-state index in [4.69, 9.17) is 0 Å². The number of piperazine rings is 1. The maximum atomic E-state index is 12.9. The van der Waals surface area contributed by atoms with E-state index in [2.05, 4.69) is 20.5 Å². The Hall–Kier alpha value is -1.89. The fraction of sp³-hybridized carbons (Fsp3) is 0.500. The van der Waals surface area contributed by atoms with Gasteiger partial charge in [-0.1, -0.05) is 18.2 Å². The molecule has 2 aromatic rings. The fourth-order valence-corrected chi connectivity index (χ4v) is 3.20. The highest BCUT2D eigenvalue weighted by atomic mass is 127. The molecule has 2 heterocycles. The predicted octanol–water partition coefficient (Wildman–Crippen LogP) is 2.53. The molecule has 1 saturated heterocycles. The van der Waals surface area contributed by atoms with Crippen molar-refractivity contribution in [3.05, 3.63) is 42.5 Å². The number of aliphatic imine (C=N–C) groups is 1. The van der Waals surface area contributed by atoms with Gasteiger partial charge < -0.3 is 10.2 Å². The van der Waals surface area contributed by atoms with Crippen molar-refractivity contribution < 1.29 is 13.2 Å². The van der Waals surface area contributed by atoms with E-state index in [0.29, 0.717) is 38.7 Å². The molecular weight excluding hydrogens is 498 g/mol. The number of halogens is 4. The smallest absolute Gasteiger partial charge is 0.349 e. The molecule has 0 bridgehead atoms. The molecule has 0 radical (unpaired) electrons. The summed E-state index contributed by atoms with van der Waals surface area (Å²) in [5, 5.41) is 11.4. The molecule has 0 spiro atoms. The average molecular weight is 523 g/mol. The lowest BCUT2D eigenvalue weighted by molar-refractivity contribution is -0.181. The predicted molar refractivity (Wildman–Crippen MR) is 116 cm³/mol. The van der Waals surface area contributed by atoms with Crippen molar-refractivity contribution in [1.29, 1.82) is 0 Å². The van der Waals surface area contributed by atoms with Gasteiger partial charge in [0.05, 0.1) is 6.54 Å². The third-order valence-corrected chi connectivity index (χ3v) is 4.90. The minimum Gasteiger partial charge on any atom is -0.349 e. The number of guanidine groups is 1. The molecule has 0 amide bonds. The largest absolute Gasteiger partial charge is 0.403 e.